The number of para-hydroxylation sites is 1. The van der Waals surface area contributed by atoms with Crippen molar-refractivity contribution < 1.29 is 9.72 Å². The number of hydrogen-bond donors (Lipinski definition) is 1. The SMILES string of the molecule is CNC(C(=O)N(C)Cc1ccccc1[N+](=O)[O-])c1cnn(C)c1. The Kier molecular flexibility index (Phi) is 5.07. The standard InChI is InChI=1S/C15H19N5O3/c1-16-14(12-8-17-19(3)10-12)15(21)18(2)9-11-6-4-5-7-13(11)20(22)23/h4-8,10,14,16H,9H2,1-3H3. The van der Waals surface area contributed by atoms with Crippen LogP contribution in [0.1, 0.15) is 17.2 Å². The summed E-state index contributed by atoms with van der Waals surface area (Å²) < 4.78 is 1.62. The van der Waals surface area contributed by atoms with Crippen LogP contribution < -0.4 is 5.32 Å². The first-order valence-corrected chi connectivity index (χ1v) is 7.07. The van der Waals surface area contributed by atoms with Gasteiger partial charge >= 0.3 is 0 Å². The largest absolute Gasteiger partial charge is 0.340 e. The van der Waals surface area contributed by atoms with Gasteiger partial charge in [-0.15, -0.1) is 0 Å². The van der Waals surface area contributed by atoms with E-state index < -0.39 is 11.0 Å². The molecule has 8 heteroatoms. The van der Waals surface area contributed by atoms with Gasteiger partial charge < -0.3 is 10.2 Å². The van der Waals surface area contributed by atoms with Crippen molar-refractivity contribution in [2.75, 3.05) is 14.1 Å². The summed E-state index contributed by atoms with van der Waals surface area (Å²) in [5.41, 5.74) is 1.25. The van der Waals surface area contributed by atoms with E-state index in [1.54, 1.807) is 56.4 Å². The molecular formula is C15H19N5O3. The summed E-state index contributed by atoms with van der Waals surface area (Å²) in [6.07, 6.45) is 3.38. The molecule has 1 aromatic carbocycles. The Morgan fingerprint density at radius 2 is 2.17 bits per heavy atom. The Morgan fingerprint density at radius 1 is 1.48 bits per heavy atom. The predicted octanol–water partition coefficient (Wildman–Crippen LogP) is 1.25. The van der Waals surface area contributed by atoms with Gasteiger partial charge in [0.05, 0.1) is 17.7 Å². The van der Waals surface area contributed by atoms with Crippen molar-refractivity contribution >= 4 is 11.6 Å². The minimum atomic E-state index is -0.545. The molecule has 122 valence electrons. The summed E-state index contributed by atoms with van der Waals surface area (Å²) in [5, 5.41) is 18.1. The second-order valence-electron chi connectivity index (χ2n) is 5.25. The molecule has 2 aromatic rings. The van der Waals surface area contributed by atoms with Gasteiger partial charge in [-0.1, -0.05) is 18.2 Å². The molecule has 1 unspecified atom stereocenters. The summed E-state index contributed by atoms with van der Waals surface area (Å²) in [6.45, 7) is 0.161. The summed E-state index contributed by atoms with van der Waals surface area (Å²) in [6, 6.07) is 5.87. The molecule has 2 rings (SSSR count). The molecule has 0 spiro atoms. The third kappa shape index (κ3) is 3.72. The number of hydrogen-bond acceptors (Lipinski definition) is 5. The van der Waals surface area contributed by atoms with Gasteiger partial charge in [-0.2, -0.15) is 5.10 Å². The number of amides is 1. The smallest absolute Gasteiger partial charge is 0.274 e. The zero-order valence-electron chi connectivity index (χ0n) is 13.3. The van der Waals surface area contributed by atoms with Crippen molar-refractivity contribution in [3.8, 4) is 0 Å². The molecule has 0 saturated heterocycles. The molecule has 23 heavy (non-hydrogen) atoms. The van der Waals surface area contributed by atoms with E-state index in [1.807, 2.05) is 0 Å². The molecule has 1 N–H and O–H groups in total. The average Bonchev–Trinajstić information content (AvgIpc) is 2.94. The number of aromatic nitrogens is 2. The van der Waals surface area contributed by atoms with E-state index in [9.17, 15) is 14.9 Å². The van der Waals surface area contributed by atoms with E-state index >= 15 is 0 Å². The maximum absolute atomic E-state index is 12.6. The van der Waals surface area contributed by atoms with E-state index in [1.165, 1.54) is 11.0 Å². The highest BCUT2D eigenvalue weighted by molar-refractivity contribution is 5.83. The lowest BCUT2D eigenvalue weighted by Gasteiger charge is -2.23. The molecule has 0 aliphatic heterocycles. The van der Waals surface area contributed by atoms with Crippen LogP contribution in [-0.4, -0.2) is 39.6 Å². The second-order valence-corrected chi connectivity index (χ2v) is 5.25. The Morgan fingerprint density at radius 3 is 2.74 bits per heavy atom. The normalized spacial score (nSPS) is 12.0. The van der Waals surface area contributed by atoms with Gasteiger partial charge in [0.25, 0.3) is 5.69 Å². The highest BCUT2D eigenvalue weighted by atomic mass is 16.6. The van der Waals surface area contributed by atoms with Crippen molar-refractivity contribution in [1.82, 2.24) is 20.0 Å². The number of likely N-dealkylation sites (N-methyl/N-ethyl adjacent to an activating group) is 2. The van der Waals surface area contributed by atoms with E-state index in [2.05, 4.69) is 10.4 Å². The number of nitrogens with zero attached hydrogens (tertiary/aromatic N) is 4. The van der Waals surface area contributed by atoms with Gasteiger partial charge in [-0.25, -0.2) is 0 Å². The van der Waals surface area contributed by atoms with Gasteiger partial charge in [-0.05, 0) is 7.05 Å². The first kappa shape index (κ1) is 16.6. The summed E-state index contributed by atoms with van der Waals surface area (Å²) in [7, 11) is 5.09. The fourth-order valence-corrected chi connectivity index (χ4v) is 2.40. The second kappa shape index (κ2) is 7.01. The highest BCUT2D eigenvalue weighted by Crippen LogP contribution is 2.21. The van der Waals surface area contributed by atoms with Crippen molar-refractivity contribution in [3.05, 3.63) is 57.9 Å². The van der Waals surface area contributed by atoms with Crippen LogP contribution in [0.25, 0.3) is 0 Å². The lowest BCUT2D eigenvalue weighted by atomic mass is 10.1. The monoisotopic (exact) mass is 317 g/mol. The number of nitro benzene ring substituents is 1. The van der Waals surface area contributed by atoms with Crippen molar-refractivity contribution in [1.29, 1.82) is 0 Å². The molecule has 1 atom stereocenters. The van der Waals surface area contributed by atoms with Crippen molar-refractivity contribution in [3.63, 3.8) is 0 Å². The van der Waals surface area contributed by atoms with Crippen LogP contribution >= 0.6 is 0 Å². The van der Waals surface area contributed by atoms with Gasteiger partial charge in [-0.3, -0.25) is 19.6 Å². The van der Waals surface area contributed by atoms with E-state index in [4.69, 9.17) is 0 Å². The van der Waals surface area contributed by atoms with Crippen LogP contribution in [0.2, 0.25) is 0 Å². The quantitative estimate of drug-likeness (QED) is 0.639. The third-order valence-corrected chi connectivity index (χ3v) is 3.57. The third-order valence-electron chi connectivity index (χ3n) is 3.57. The van der Waals surface area contributed by atoms with Crippen LogP contribution in [0.5, 0.6) is 0 Å². The number of rotatable bonds is 6. The molecule has 1 heterocycles. The van der Waals surface area contributed by atoms with Gasteiger partial charge in [0.15, 0.2) is 0 Å². The average molecular weight is 317 g/mol. The molecule has 0 saturated carbocycles. The number of nitrogens with one attached hydrogen (secondary N) is 1. The lowest BCUT2D eigenvalue weighted by molar-refractivity contribution is -0.385. The molecule has 1 amide bonds. The minimum absolute atomic E-state index is 0.00883. The van der Waals surface area contributed by atoms with Crippen molar-refractivity contribution in [2.24, 2.45) is 7.05 Å². The molecule has 0 aliphatic carbocycles. The summed E-state index contributed by atoms with van der Waals surface area (Å²) in [5.74, 6) is -0.182. The predicted molar refractivity (Wildman–Crippen MR) is 84.6 cm³/mol. The summed E-state index contributed by atoms with van der Waals surface area (Å²) in [4.78, 5) is 24.7. The van der Waals surface area contributed by atoms with Gasteiger partial charge in [0.1, 0.15) is 6.04 Å². The number of nitro groups is 1. The topological polar surface area (TPSA) is 93.3 Å². The van der Waals surface area contributed by atoms with Crippen LogP contribution in [0.15, 0.2) is 36.7 Å². The number of aryl methyl sites for hydroxylation is 1. The fraction of sp³-hybridized carbons (Fsp3) is 0.333. The molecular weight excluding hydrogens is 298 g/mol. The minimum Gasteiger partial charge on any atom is -0.340 e. The zero-order chi connectivity index (χ0) is 17.0. The summed E-state index contributed by atoms with van der Waals surface area (Å²) >= 11 is 0. The molecule has 0 fully saturated rings. The van der Waals surface area contributed by atoms with Crippen LogP contribution in [0.4, 0.5) is 5.69 Å². The molecule has 1 aromatic heterocycles. The Balaban J connectivity index is 2.18. The lowest BCUT2D eigenvalue weighted by Crippen LogP contribution is -2.37. The van der Waals surface area contributed by atoms with E-state index in [0.29, 0.717) is 5.56 Å². The number of benzene rings is 1. The Labute approximate surface area is 133 Å². The maximum Gasteiger partial charge on any atom is 0.274 e. The first-order valence-electron chi connectivity index (χ1n) is 7.07. The van der Waals surface area contributed by atoms with E-state index in [-0.39, 0.29) is 18.1 Å². The Bertz CT molecular complexity index is 713. The first-order chi connectivity index (χ1) is 10.9. The maximum atomic E-state index is 12.6. The van der Waals surface area contributed by atoms with Gasteiger partial charge in [0.2, 0.25) is 5.91 Å². The van der Waals surface area contributed by atoms with Crippen LogP contribution in [0, 0.1) is 10.1 Å². The molecule has 8 nitrogen and oxygen atoms in total. The van der Waals surface area contributed by atoms with E-state index in [0.717, 1.165) is 5.56 Å². The Hall–Kier alpha value is -2.74. The fourth-order valence-electron chi connectivity index (χ4n) is 2.40. The zero-order valence-corrected chi connectivity index (χ0v) is 13.3. The van der Waals surface area contributed by atoms with Gasteiger partial charge in [0, 0.05) is 37.5 Å². The van der Waals surface area contributed by atoms with Crippen molar-refractivity contribution in [2.45, 2.75) is 12.6 Å². The molecule has 0 bridgehead atoms. The number of carbonyl (C=O) groups is 1. The van der Waals surface area contributed by atoms with Crippen LogP contribution in [-0.2, 0) is 18.4 Å². The molecule has 0 aliphatic rings. The highest BCUT2D eigenvalue weighted by Gasteiger charge is 2.25. The molecule has 0 radical (unpaired) electrons. The number of carbonyl (C=O) groups excluding carboxylic acids is 1. The van der Waals surface area contributed by atoms with Crippen LogP contribution in [0.3, 0.4) is 0 Å².